The summed E-state index contributed by atoms with van der Waals surface area (Å²) in [5.74, 6) is 1.27. The van der Waals surface area contributed by atoms with Crippen molar-refractivity contribution in [3.8, 4) is 17.1 Å². The number of rotatable bonds is 3. The molecular formula is C15H12ClN5. The smallest absolute Gasteiger partial charge is 0.133 e. The lowest BCUT2D eigenvalue weighted by atomic mass is 10.2. The maximum Gasteiger partial charge on any atom is 0.133 e. The molecule has 3 aromatic rings. The van der Waals surface area contributed by atoms with E-state index in [4.69, 9.17) is 11.6 Å². The average molecular weight is 298 g/mol. The molecule has 1 aliphatic rings. The summed E-state index contributed by atoms with van der Waals surface area (Å²) in [4.78, 5) is 8.94. The van der Waals surface area contributed by atoms with E-state index in [9.17, 15) is 0 Å². The molecule has 1 aliphatic carbocycles. The van der Waals surface area contributed by atoms with Crippen molar-refractivity contribution in [1.82, 2.24) is 25.0 Å². The Bertz CT molecular complexity index is 780. The fraction of sp³-hybridized carbons (Fsp3) is 0.200. The quantitative estimate of drug-likeness (QED) is 0.696. The van der Waals surface area contributed by atoms with E-state index in [0.29, 0.717) is 11.1 Å². The summed E-state index contributed by atoms with van der Waals surface area (Å²) in [5.41, 5.74) is 2.51. The van der Waals surface area contributed by atoms with Gasteiger partial charge in [0.1, 0.15) is 16.7 Å². The predicted molar refractivity (Wildman–Crippen MR) is 79.4 cm³/mol. The Labute approximate surface area is 126 Å². The predicted octanol–water partition coefficient (Wildman–Crippen LogP) is 3.26. The zero-order valence-electron chi connectivity index (χ0n) is 11.1. The molecule has 0 aliphatic heterocycles. The van der Waals surface area contributed by atoms with Crippen LogP contribution in [0.3, 0.4) is 0 Å². The Kier molecular flexibility index (Phi) is 2.93. The van der Waals surface area contributed by atoms with E-state index >= 15 is 0 Å². The van der Waals surface area contributed by atoms with Crippen LogP contribution in [0.15, 0.2) is 42.6 Å². The third-order valence-electron chi connectivity index (χ3n) is 3.47. The van der Waals surface area contributed by atoms with Crippen molar-refractivity contribution in [2.45, 2.75) is 18.8 Å². The van der Waals surface area contributed by atoms with Crippen molar-refractivity contribution in [2.24, 2.45) is 0 Å². The van der Waals surface area contributed by atoms with E-state index in [1.807, 2.05) is 30.3 Å². The molecule has 1 saturated carbocycles. The van der Waals surface area contributed by atoms with Gasteiger partial charge in [0, 0.05) is 12.0 Å². The second-order valence-electron chi connectivity index (χ2n) is 5.07. The van der Waals surface area contributed by atoms with Gasteiger partial charge in [-0.05, 0) is 25.0 Å². The molecule has 1 aromatic carbocycles. The Hall–Kier alpha value is -2.27. The van der Waals surface area contributed by atoms with Gasteiger partial charge in [-0.15, -0.1) is 5.10 Å². The molecule has 0 saturated heterocycles. The van der Waals surface area contributed by atoms with Crippen molar-refractivity contribution >= 4 is 11.6 Å². The van der Waals surface area contributed by atoms with Crippen LogP contribution < -0.4 is 0 Å². The zero-order chi connectivity index (χ0) is 14.2. The summed E-state index contributed by atoms with van der Waals surface area (Å²) in [7, 11) is 0. The van der Waals surface area contributed by atoms with Gasteiger partial charge in [-0.3, -0.25) is 0 Å². The molecule has 2 heterocycles. The molecule has 0 N–H and O–H groups in total. The highest BCUT2D eigenvalue weighted by Crippen LogP contribution is 2.39. The van der Waals surface area contributed by atoms with Crippen LogP contribution in [0.1, 0.15) is 24.6 Å². The summed E-state index contributed by atoms with van der Waals surface area (Å²) < 4.78 is 1.76. The van der Waals surface area contributed by atoms with Crippen LogP contribution in [0.2, 0.25) is 5.15 Å². The van der Waals surface area contributed by atoms with Gasteiger partial charge in [0.15, 0.2) is 0 Å². The first-order valence-electron chi connectivity index (χ1n) is 6.82. The van der Waals surface area contributed by atoms with Gasteiger partial charge in [-0.1, -0.05) is 35.0 Å². The molecule has 0 amide bonds. The number of halogens is 1. The highest BCUT2D eigenvalue weighted by Gasteiger charge is 2.27. The maximum absolute atomic E-state index is 6.14. The number of hydrogen-bond acceptors (Lipinski definition) is 4. The van der Waals surface area contributed by atoms with Gasteiger partial charge in [-0.25, -0.2) is 14.6 Å². The van der Waals surface area contributed by atoms with E-state index in [0.717, 1.165) is 35.7 Å². The highest BCUT2D eigenvalue weighted by atomic mass is 35.5. The number of benzene rings is 1. The molecule has 6 heteroatoms. The molecule has 5 nitrogen and oxygen atoms in total. The van der Waals surface area contributed by atoms with E-state index < -0.39 is 0 Å². The first kappa shape index (κ1) is 12.5. The van der Waals surface area contributed by atoms with Gasteiger partial charge >= 0.3 is 0 Å². The molecule has 0 unspecified atom stereocenters. The second kappa shape index (κ2) is 4.93. The van der Waals surface area contributed by atoms with Crippen molar-refractivity contribution < 1.29 is 0 Å². The number of para-hydroxylation sites is 1. The molecule has 4 rings (SSSR count). The van der Waals surface area contributed by atoms with E-state index in [1.54, 1.807) is 16.9 Å². The molecular weight excluding hydrogens is 286 g/mol. The van der Waals surface area contributed by atoms with E-state index in [1.165, 1.54) is 0 Å². The first-order valence-corrected chi connectivity index (χ1v) is 7.20. The third-order valence-corrected chi connectivity index (χ3v) is 3.66. The molecule has 104 valence electrons. The molecule has 0 radical (unpaired) electrons. The van der Waals surface area contributed by atoms with Crippen LogP contribution in [0.5, 0.6) is 0 Å². The third kappa shape index (κ3) is 2.40. The van der Waals surface area contributed by atoms with E-state index in [-0.39, 0.29) is 0 Å². The zero-order valence-corrected chi connectivity index (χ0v) is 11.9. The maximum atomic E-state index is 6.14. The van der Waals surface area contributed by atoms with Crippen molar-refractivity contribution in [1.29, 1.82) is 0 Å². The lowest BCUT2D eigenvalue weighted by Crippen LogP contribution is -2.02. The van der Waals surface area contributed by atoms with Gasteiger partial charge in [0.25, 0.3) is 0 Å². The summed E-state index contributed by atoms with van der Waals surface area (Å²) in [6.07, 6.45) is 3.97. The topological polar surface area (TPSA) is 56.5 Å². The Morgan fingerprint density at radius 2 is 1.90 bits per heavy atom. The fourth-order valence-electron chi connectivity index (χ4n) is 2.26. The molecule has 0 spiro atoms. The SMILES string of the molecule is Clc1cc(-c2cnnn2-c2ccccc2)nc(C2CC2)n1. The first-order chi connectivity index (χ1) is 10.3. The Morgan fingerprint density at radius 1 is 1.10 bits per heavy atom. The lowest BCUT2D eigenvalue weighted by molar-refractivity contribution is 0.804. The lowest BCUT2D eigenvalue weighted by Gasteiger charge is -2.07. The number of hydrogen-bond donors (Lipinski definition) is 0. The van der Waals surface area contributed by atoms with Crippen LogP contribution in [-0.4, -0.2) is 25.0 Å². The normalized spacial score (nSPS) is 14.3. The molecule has 21 heavy (non-hydrogen) atoms. The monoisotopic (exact) mass is 297 g/mol. The summed E-state index contributed by atoms with van der Waals surface area (Å²) in [6.45, 7) is 0. The van der Waals surface area contributed by atoms with Gasteiger partial charge in [0.2, 0.25) is 0 Å². The van der Waals surface area contributed by atoms with Crippen molar-refractivity contribution in [3.63, 3.8) is 0 Å². The minimum Gasteiger partial charge on any atom is -0.231 e. The fourth-order valence-corrected chi connectivity index (χ4v) is 2.45. The minimum atomic E-state index is 0.448. The van der Waals surface area contributed by atoms with Crippen molar-refractivity contribution in [2.75, 3.05) is 0 Å². The van der Waals surface area contributed by atoms with Gasteiger partial charge in [-0.2, -0.15) is 0 Å². The van der Waals surface area contributed by atoms with Crippen LogP contribution in [0.4, 0.5) is 0 Å². The minimum absolute atomic E-state index is 0.448. The molecule has 1 fully saturated rings. The standard InChI is InChI=1S/C15H12ClN5/c16-14-8-12(18-15(19-14)10-6-7-10)13-9-17-20-21(13)11-4-2-1-3-5-11/h1-5,8-10H,6-7H2. The van der Waals surface area contributed by atoms with Gasteiger partial charge < -0.3 is 0 Å². The summed E-state index contributed by atoms with van der Waals surface area (Å²) in [6, 6.07) is 11.6. The van der Waals surface area contributed by atoms with Gasteiger partial charge in [0.05, 0.1) is 17.6 Å². The number of nitrogens with zero attached hydrogens (tertiary/aromatic N) is 5. The van der Waals surface area contributed by atoms with Crippen LogP contribution in [-0.2, 0) is 0 Å². The van der Waals surface area contributed by atoms with Crippen LogP contribution >= 0.6 is 11.6 Å². The van der Waals surface area contributed by atoms with Crippen molar-refractivity contribution in [3.05, 3.63) is 53.6 Å². The second-order valence-corrected chi connectivity index (χ2v) is 5.46. The average Bonchev–Trinajstić information content (AvgIpc) is 3.24. The Balaban J connectivity index is 1.83. The van der Waals surface area contributed by atoms with E-state index in [2.05, 4.69) is 20.3 Å². The summed E-state index contributed by atoms with van der Waals surface area (Å²) in [5, 5.41) is 8.61. The molecule has 2 aromatic heterocycles. The largest absolute Gasteiger partial charge is 0.231 e. The number of aromatic nitrogens is 5. The Morgan fingerprint density at radius 3 is 2.67 bits per heavy atom. The molecule has 0 bridgehead atoms. The van der Waals surface area contributed by atoms with Crippen LogP contribution in [0, 0.1) is 0 Å². The molecule has 0 atom stereocenters. The highest BCUT2D eigenvalue weighted by molar-refractivity contribution is 6.29. The van der Waals surface area contributed by atoms with Crippen LogP contribution in [0.25, 0.3) is 17.1 Å². The summed E-state index contributed by atoms with van der Waals surface area (Å²) >= 11 is 6.14.